The second kappa shape index (κ2) is 7.25. The van der Waals surface area contributed by atoms with Gasteiger partial charge in [-0.05, 0) is 61.1 Å². The van der Waals surface area contributed by atoms with Crippen LogP contribution in [0, 0.1) is 17.6 Å². The minimum Gasteiger partial charge on any atom is -0.438 e. The van der Waals surface area contributed by atoms with Crippen molar-refractivity contribution in [3.05, 3.63) is 53.9 Å². The fraction of sp³-hybridized carbons (Fsp3) is 0.391. The third-order valence-electron chi connectivity index (χ3n) is 6.18. The van der Waals surface area contributed by atoms with Crippen molar-refractivity contribution in [2.75, 3.05) is 6.54 Å². The van der Waals surface area contributed by atoms with Crippen LogP contribution in [0.5, 0.6) is 0 Å². The maximum Gasteiger partial charge on any atom is 0.226 e. The van der Waals surface area contributed by atoms with Crippen LogP contribution in [0.15, 0.2) is 40.8 Å². The minimum atomic E-state index is -0.879. The summed E-state index contributed by atoms with van der Waals surface area (Å²) in [5, 5.41) is 0. The standard InChI is InChI=1S/C23H22F2N2O2/c24-17-9-7-15(12-18(17)25)16-8-10-21-19(13-16)26-22(29-21)20-6-3-11-27(20)23(28)14-4-1-2-5-14/h7-10,12-14,20H,1-6,11H2/t20-/m0/s1. The number of hydrogen-bond acceptors (Lipinski definition) is 3. The van der Waals surface area contributed by atoms with Crippen molar-refractivity contribution in [1.29, 1.82) is 0 Å². The number of aromatic nitrogens is 1. The molecule has 6 heteroatoms. The normalized spacial score (nSPS) is 20.1. The summed E-state index contributed by atoms with van der Waals surface area (Å²) < 4.78 is 32.8. The Morgan fingerprint density at radius 1 is 0.966 bits per heavy atom. The Morgan fingerprint density at radius 2 is 1.72 bits per heavy atom. The number of halogens is 2. The number of fused-ring (bicyclic) bond motifs is 1. The van der Waals surface area contributed by atoms with E-state index in [9.17, 15) is 13.6 Å². The van der Waals surface area contributed by atoms with Crippen molar-refractivity contribution in [2.24, 2.45) is 5.92 Å². The molecule has 5 rings (SSSR count). The zero-order chi connectivity index (χ0) is 20.0. The second-order valence-corrected chi connectivity index (χ2v) is 8.03. The smallest absolute Gasteiger partial charge is 0.226 e. The van der Waals surface area contributed by atoms with Crippen molar-refractivity contribution < 1.29 is 18.0 Å². The molecule has 0 bridgehead atoms. The average molecular weight is 396 g/mol. The van der Waals surface area contributed by atoms with E-state index in [0.717, 1.165) is 56.7 Å². The number of oxazole rings is 1. The molecule has 0 unspecified atom stereocenters. The van der Waals surface area contributed by atoms with E-state index in [2.05, 4.69) is 4.98 Å². The minimum absolute atomic E-state index is 0.123. The van der Waals surface area contributed by atoms with Crippen LogP contribution < -0.4 is 0 Å². The van der Waals surface area contributed by atoms with Crippen molar-refractivity contribution in [3.63, 3.8) is 0 Å². The van der Waals surface area contributed by atoms with Gasteiger partial charge < -0.3 is 9.32 Å². The Morgan fingerprint density at radius 3 is 2.52 bits per heavy atom. The van der Waals surface area contributed by atoms with Gasteiger partial charge in [-0.3, -0.25) is 4.79 Å². The van der Waals surface area contributed by atoms with Crippen LogP contribution in [0.3, 0.4) is 0 Å². The van der Waals surface area contributed by atoms with Crippen LogP contribution in [0.25, 0.3) is 22.2 Å². The van der Waals surface area contributed by atoms with Gasteiger partial charge in [0.25, 0.3) is 0 Å². The first-order chi connectivity index (χ1) is 14.1. The Balaban J connectivity index is 1.45. The fourth-order valence-corrected chi connectivity index (χ4v) is 4.64. The first kappa shape index (κ1) is 18.3. The molecule has 0 radical (unpaired) electrons. The molecular weight excluding hydrogens is 374 g/mol. The number of hydrogen-bond donors (Lipinski definition) is 0. The summed E-state index contributed by atoms with van der Waals surface area (Å²) >= 11 is 0. The van der Waals surface area contributed by atoms with Gasteiger partial charge in [0.05, 0.1) is 0 Å². The van der Waals surface area contributed by atoms with Gasteiger partial charge in [0.2, 0.25) is 11.8 Å². The van der Waals surface area contributed by atoms with E-state index in [4.69, 9.17) is 4.42 Å². The molecule has 150 valence electrons. The summed E-state index contributed by atoms with van der Waals surface area (Å²) in [6, 6.07) is 9.12. The number of benzene rings is 2. The summed E-state index contributed by atoms with van der Waals surface area (Å²) in [7, 11) is 0. The van der Waals surface area contributed by atoms with E-state index in [0.29, 0.717) is 22.6 Å². The summed E-state index contributed by atoms with van der Waals surface area (Å²) in [4.78, 5) is 19.5. The molecule has 2 aliphatic rings. The highest BCUT2D eigenvalue weighted by atomic mass is 19.2. The van der Waals surface area contributed by atoms with E-state index in [1.165, 1.54) is 6.07 Å². The molecular formula is C23H22F2N2O2. The van der Waals surface area contributed by atoms with E-state index in [-0.39, 0.29) is 17.9 Å². The van der Waals surface area contributed by atoms with Crippen LogP contribution in [-0.4, -0.2) is 22.3 Å². The molecule has 1 saturated carbocycles. The first-order valence-corrected chi connectivity index (χ1v) is 10.3. The predicted octanol–water partition coefficient (Wildman–Crippen LogP) is 5.63. The third kappa shape index (κ3) is 3.30. The van der Waals surface area contributed by atoms with Crippen molar-refractivity contribution in [2.45, 2.75) is 44.6 Å². The molecule has 1 aromatic heterocycles. The maximum atomic E-state index is 13.6. The lowest BCUT2D eigenvalue weighted by Crippen LogP contribution is -2.34. The Hall–Kier alpha value is -2.76. The lowest BCUT2D eigenvalue weighted by atomic mass is 10.1. The second-order valence-electron chi connectivity index (χ2n) is 8.03. The molecule has 1 aliphatic heterocycles. The largest absolute Gasteiger partial charge is 0.438 e. The van der Waals surface area contributed by atoms with E-state index in [1.807, 2.05) is 11.0 Å². The number of likely N-dealkylation sites (tertiary alicyclic amines) is 1. The molecule has 2 heterocycles. The first-order valence-electron chi connectivity index (χ1n) is 10.3. The number of rotatable bonds is 3. The summed E-state index contributed by atoms with van der Waals surface area (Å²) in [6.07, 6.45) is 6.01. The van der Waals surface area contributed by atoms with E-state index in [1.54, 1.807) is 18.2 Å². The quantitative estimate of drug-likeness (QED) is 0.577. The SMILES string of the molecule is O=C(C1CCCC1)N1CCC[C@H]1c1nc2cc(-c3ccc(F)c(F)c3)ccc2o1. The monoisotopic (exact) mass is 396 g/mol. The third-order valence-corrected chi connectivity index (χ3v) is 6.18. The molecule has 1 atom stereocenters. The topological polar surface area (TPSA) is 46.3 Å². The lowest BCUT2D eigenvalue weighted by Gasteiger charge is -2.25. The molecule has 1 aliphatic carbocycles. The molecule has 29 heavy (non-hydrogen) atoms. The van der Waals surface area contributed by atoms with Crippen LogP contribution in [0.2, 0.25) is 0 Å². The number of carbonyl (C=O) groups is 1. The van der Waals surface area contributed by atoms with E-state index < -0.39 is 11.6 Å². The van der Waals surface area contributed by atoms with Gasteiger partial charge in [0, 0.05) is 12.5 Å². The molecule has 1 amide bonds. The Kier molecular flexibility index (Phi) is 4.57. The van der Waals surface area contributed by atoms with Crippen LogP contribution in [0.4, 0.5) is 8.78 Å². The summed E-state index contributed by atoms with van der Waals surface area (Å²) in [6.45, 7) is 0.749. The summed E-state index contributed by atoms with van der Waals surface area (Å²) in [5.74, 6) is -0.816. The zero-order valence-electron chi connectivity index (χ0n) is 16.0. The van der Waals surface area contributed by atoms with Crippen molar-refractivity contribution >= 4 is 17.0 Å². The van der Waals surface area contributed by atoms with Gasteiger partial charge in [0.1, 0.15) is 11.6 Å². The van der Waals surface area contributed by atoms with Crippen LogP contribution >= 0.6 is 0 Å². The molecule has 3 aromatic rings. The number of amides is 1. The highest BCUT2D eigenvalue weighted by Gasteiger charge is 2.37. The Labute approximate surface area is 167 Å². The van der Waals surface area contributed by atoms with Crippen molar-refractivity contribution in [3.8, 4) is 11.1 Å². The number of carbonyl (C=O) groups excluding carboxylic acids is 1. The fourth-order valence-electron chi connectivity index (χ4n) is 4.64. The molecule has 4 nitrogen and oxygen atoms in total. The van der Waals surface area contributed by atoms with Crippen molar-refractivity contribution in [1.82, 2.24) is 9.88 Å². The van der Waals surface area contributed by atoms with Gasteiger partial charge in [-0.1, -0.05) is 25.0 Å². The highest BCUT2D eigenvalue weighted by molar-refractivity contribution is 5.81. The van der Waals surface area contributed by atoms with Crippen LogP contribution in [-0.2, 0) is 4.79 Å². The molecule has 0 spiro atoms. The molecule has 1 saturated heterocycles. The maximum absolute atomic E-state index is 13.6. The lowest BCUT2D eigenvalue weighted by molar-refractivity contribution is -0.136. The van der Waals surface area contributed by atoms with Gasteiger partial charge in [-0.2, -0.15) is 0 Å². The molecule has 2 aromatic carbocycles. The predicted molar refractivity (Wildman–Crippen MR) is 105 cm³/mol. The molecule has 2 fully saturated rings. The highest BCUT2D eigenvalue weighted by Crippen LogP contribution is 2.37. The zero-order valence-corrected chi connectivity index (χ0v) is 16.0. The van der Waals surface area contributed by atoms with Gasteiger partial charge in [0.15, 0.2) is 17.2 Å². The summed E-state index contributed by atoms with van der Waals surface area (Å²) in [5.41, 5.74) is 2.60. The van der Waals surface area contributed by atoms with Gasteiger partial charge in [-0.25, -0.2) is 13.8 Å². The number of nitrogens with zero attached hydrogens (tertiary/aromatic N) is 2. The van der Waals surface area contributed by atoms with Gasteiger partial charge >= 0.3 is 0 Å². The van der Waals surface area contributed by atoms with Gasteiger partial charge in [-0.15, -0.1) is 0 Å². The Bertz CT molecular complexity index is 1070. The van der Waals surface area contributed by atoms with Crippen LogP contribution in [0.1, 0.15) is 50.5 Å². The average Bonchev–Trinajstić information content (AvgIpc) is 3.48. The van der Waals surface area contributed by atoms with E-state index >= 15 is 0 Å². The molecule has 0 N–H and O–H groups in total.